The number of carbonyl (C=O) groups excluding carboxylic acids is 1. The van der Waals surface area contributed by atoms with Gasteiger partial charge in [0.2, 0.25) is 5.91 Å². The number of nitrogens with one attached hydrogen (secondary N) is 1. The number of hydrogen-bond donors (Lipinski definition) is 2. The van der Waals surface area contributed by atoms with Crippen molar-refractivity contribution in [2.24, 2.45) is 11.3 Å². The predicted octanol–water partition coefficient (Wildman–Crippen LogP) is 0.463. The first-order chi connectivity index (χ1) is 6.08. The number of aliphatic hydroxyl groups excluding tert-OH is 1. The number of aliphatic hydroxyl groups is 1. The average Bonchev–Trinajstić information content (AvgIpc) is 2.84. The first-order valence-electron chi connectivity index (χ1n) is 4.61. The minimum absolute atomic E-state index is 0.0439. The summed E-state index contributed by atoms with van der Waals surface area (Å²) in [4.78, 5) is 16.3. The molecule has 0 heterocycles. The van der Waals surface area contributed by atoms with Crippen LogP contribution in [0.1, 0.15) is 26.7 Å². The van der Waals surface area contributed by atoms with Crippen molar-refractivity contribution in [1.29, 1.82) is 0 Å². The van der Waals surface area contributed by atoms with E-state index in [1.54, 1.807) is 0 Å². The average molecular weight is 187 g/mol. The highest BCUT2D eigenvalue weighted by Crippen LogP contribution is 2.44. The second-order valence-electron chi connectivity index (χ2n) is 4.09. The molecule has 13 heavy (non-hydrogen) atoms. The van der Waals surface area contributed by atoms with Crippen LogP contribution >= 0.6 is 0 Å². The number of carbonyl (C=O) groups is 1. The fraction of sp³-hybridized carbons (Fsp3) is 0.889. The number of amides is 1. The molecule has 4 nitrogen and oxygen atoms in total. The SMILES string of the molecule is C[C@@H](CO)CONC(=O)C1(C)CC1. The van der Waals surface area contributed by atoms with Crippen molar-refractivity contribution in [2.45, 2.75) is 26.7 Å². The molecule has 0 radical (unpaired) electrons. The van der Waals surface area contributed by atoms with E-state index < -0.39 is 0 Å². The Labute approximate surface area is 78.2 Å². The molecule has 1 fully saturated rings. The number of rotatable bonds is 5. The standard InChI is InChI=1S/C9H17NO3/c1-7(5-11)6-13-10-8(12)9(2)3-4-9/h7,11H,3-6H2,1-2H3,(H,10,12)/t7-/m0/s1. The van der Waals surface area contributed by atoms with Gasteiger partial charge in [-0.3, -0.25) is 9.63 Å². The minimum Gasteiger partial charge on any atom is -0.396 e. The van der Waals surface area contributed by atoms with E-state index in [0.29, 0.717) is 6.61 Å². The fourth-order valence-corrected chi connectivity index (χ4v) is 0.840. The van der Waals surface area contributed by atoms with Crippen LogP contribution < -0.4 is 5.48 Å². The molecule has 0 aliphatic heterocycles. The van der Waals surface area contributed by atoms with Gasteiger partial charge < -0.3 is 5.11 Å². The van der Waals surface area contributed by atoms with Gasteiger partial charge in [-0.15, -0.1) is 0 Å². The van der Waals surface area contributed by atoms with Crippen LogP contribution in [0.15, 0.2) is 0 Å². The normalized spacial score (nSPS) is 20.8. The van der Waals surface area contributed by atoms with Gasteiger partial charge in [-0.2, -0.15) is 0 Å². The van der Waals surface area contributed by atoms with Crippen LogP contribution in [0.5, 0.6) is 0 Å². The predicted molar refractivity (Wildman–Crippen MR) is 47.7 cm³/mol. The van der Waals surface area contributed by atoms with E-state index in [2.05, 4.69) is 5.48 Å². The molecular weight excluding hydrogens is 170 g/mol. The molecule has 1 aliphatic rings. The van der Waals surface area contributed by atoms with Crippen molar-refractivity contribution < 1.29 is 14.7 Å². The molecule has 0 aromatic heterocycles. The van der Waals surface area contributed by atoms with Crippen LogP contribution in [0.3, 0.4) is 0 Å². The molecule has 1 saturated carbocycles. The maximum Gasteiger partial charge on any atom is 0.249 e. The van der Waals surface area contributed by atoms with Crippen molar-refractivity contribution in [3.05, 3.63) is 0 Å². The summed E-state index contributed by atoms with van der Waals surface area (Å²) in [6.07, 6.45) is 1.88. The van der Waals surface area contributed by atoms with Gasteiger partial charge in [-0.25, -0.2) is 5.48 Å². The summed E-state index contributed by atoms with van der Waals surface area (Å²) in [5.74, 6) is 0.0185. The van der Waals surface area contributed by atoms with Gasteiger partial charge in [0.25, 0.3) is 0 Å². The molecule has 76 valence electrons. The summed E-state index contributed by atoms with van der Waals surface area (Å²) in [7, 11) is 0. The van der Waals surface area contributed by atoms with Gasteiger partial charge >= 0.3 is 0 Å². The highest BCUT2D eigenvalue weighted by atomic mass is 16.7. The zero-order valence-corrected chi connectivity index (χ0v) is 8.17. The maximum absolute atomic E-state index is 11.3. The second-order valence-corrected chi connectivity index (χ2v) is 4.09. The van der Waals surface area contributed by atoms with Gasteiger partial charge in [-0.1, -0.05) is 13.8 Å². The Balaban J connectivity index is 2.09. The van der Waals surface area contributed by atoms with Gasteiger partial charge in [0.1, 0.15) is 0 Å². The lowest BCUT2D eigenvalue weighted by Crippen LogP contribution is -2.32. The largest absolute Gasteiger partial charge is 0.396 e. The zero-order chi connectivity index (χ0) is 9.90. The number of hydrogen-bond acceptors (Lipinski definition) is 3. The summed E-state index contributed by atoms with van der Waals surface area (Å²) in [5.41, 5.74) is 2.21. The highest BCUT2D eigenvalue weighted by Gasteiger charge is 2.45. The molecule has 0 aromatic rings. The van der Waals surface area contributed by atoms with Crippen LogP contribution in [0.4, 0.5) is 0 Å². The van der Waals surface area contributed by atoms with E-state index in [0.717, 1.165) is 12.8 Å². The first-order valence-corrected chi connectivity index (χ1v) is 4.61. The van der Waals surface area contributed by atoms with Gasteiger partial charge in [-0.05, 0) is 12.8 Å². The topological polar surface area (TPSA) is 58.6 Å². The lowest BCUT2D eigenvalue weighted by Gasteiger charge is -2.11. The fourth-order valence-electron chi connectivity index (χ4n) is 0.840. The Kier molecular flexibility index (Phi) is 3.27. The Bertz CT molecular complexity index is 189. The van der Waals surface area contributed by atoms with Crippen molar-refractivity contribution in [1.82, 2.24) is 5.48 Å². The van der Waals surface area contributed by atoms with E-state index in [1.807, 2.05) is 13.8 Å². The van der Waals surface area contributed by atoms with Crippen molar-refractivity contribution in [3.63, 3.8) is 0 Å². The smallest absolute Gasteiger partial charge is 0.249 e. The zero-order valence-electron chi connectivity index (χ0n) is 8.17. The summed E-state index contributed by atoms with van der Waals surface area (Å²) in [6.45, 7) is 4.21. The Morgan fingerprint density at radius 1 is 1.69 bits per heavy atom. The van der Waals surface area contributed by atoms with Crippen LogP contribution in [0.25, 0.3) is 0 Å². The summed E-state index contributed by atoms with van der Waals surface area (Å²) in [6, 6.07) is 0. The third-order valence-corrected chi connectivity index (χ3v) is 2.39. The van der Waals surface area contributed by atoms with E-state index in [-0.39, 0.29) is 23.8 Å². The molecule has 0 saturated heterocycles. The van der Waals surface area contributed by atoms with Crippen LogP contribution in [0, 0.1) is 11.3 Å². The van der Waals surface area contributed by atoms with Crippen molar-refractivity contribution in [3.8, 4) is 0 Å². The molecular formula is C9H17NO3. The van der Waals surface area contributed by atoms with Gasteiger partial charge in [0, 0.05) is 17.9 Å². The van der Waals surface area contributed by atoms with Crippen LogP contribution in [-0.4, -0.2) is 24.2 Å². The highest BCUT2D eigenvalue weighted by molar-refractivity contribution is 5.83. The molecule has 0 unspecified atom stereocenters. The molecule has 0 bridgehead atoms. The van der Waals surface area contributed by atoms with Crippen molar-refractivity contribution >= 4 is 5.91 Å². The van der Waals surface area contributed by atoms with E-state index in [9.17, 15) is 4.79 Å². The molecule has 1 amide bonds. The monoisotopic (exact) mass is 187 g/mol. The van der Waals surface area contributed by atoms with E-state index >= 15 is 0 Å². The Morgan fingerprint density at radius 2 is 2.31 bits per heavy atom. The summed E-state index contributed by atoms with van der Waals surface area (Å²) >= 11 is 0. The molecule has 0 aromatic carbocycles. The molecule has 2 N–H and O–H groups in total. The lowest BCUT2D eigenvalue weighted by atomic mass is 10.1. The molecule has 0 spiro atoms. The Hall–Kier alpha value is -0.610. The summed E-state index contributed by atoms with van der Waals surface area (Å²) < 4.78 is 0. The third kappa shape index (κ3) is 2.97. The minimum atomic E-state index is -0.192. The van der Waals surface area contributed by atoms with E-state index in [1.165, 1.54) is 0 Å². The quantitative estimate of drug-likeness (QED) is 0.615. The second kappa shape index (κ2) is 4.07. The third-order valence-electron chi connectivity index (χ3n) is 2.39. The molecule has 1 aliphatic carbocycles. The van der Waals surface area contributed by atoms with Crippen molar-refractivity contribution in [2.75, 3.05) is 13.2 Å². The van der Waals surface area contributed by atoms with Crippen LogP contribution in [-0.2, 0) is 9.63 Å². The molecule has 1 rings (SSSR count). The van der Waals surface area contributed by atoms with Crippen LogP contribution in [0.2, 0.25) is 0 Å². The van der Waals surface area contributed by atoms with E-state index in [4.69, 9.17) is 9.94 Å². The maximum atomic E-state index is 11.3. The molecule has 1 atom stereocenters. The number of hydroxylamine groups is 1. The van der Waals surface area contributed by atoms with Gasteiger partial charge in [0.15, 0.2) is 0 Å². The summed E-state index contributed by atoms with van der Waals surface area (Å²) in [5, 5.41) is 8.68. The van der Waals surface area contributed by atoms with Gasteiger partial charge in [0.05, 0.1) is 6.61 Å². The molecule has 4 heteroatoms. The Morgan fingerprint density at radius 3 is 2.77 bits per heavy atom. The lowest BCUT2D eigenvalue weighted by molar-refractivity contribution is -0.139. The first kappa shape index (κ1) is 10.5.